The number of hydrogen-bond donors (Lipinski definition) is 0. The van der Waals surface area contributed by atoms with Gasteiger partial charge in [-0.3, -0.25) is 9.69 Å². The van der Waals surface area contributed by atoms with Gasteiger partial charge in [-0.05, 0) is 56.9 Å². The van der Waals surface area contributed by atoms with E-state index < -0.39 is 5.97 Å². The molecule has 1 amide bonds. The molecule has 1 aromatic rings. The fourth-order valence-electron chi connectivity index (χ4n) is 2.93. The highest BCUT2D eigenvalue weighted by atomic mass is 32.2. The van der Waals surface area contributed by atoms with Gasteiger partial charge in [0.15, 0.2) is 0 Å². The van der Waals surface area contributed by atoms with Crippen molar-refractivity contribution in [2.75, 3.05) is 24.5 Å². The van der Waals surface area contributed by atoms with E-state index in [4.69, 9.17) is 12.2 Å². The van der Waals surface area contributed by atoms with Crippen LogP contribution in [0.5, 0.6) is 0 Å². The van der Waals surface area contributed by atoms with Gasteiger partial charge >= 0.3 is 0 Å². The number of benzene rings is 1. The van der Waals surface area contributed by atoms with Crippen molar-refractivity contribution >= 4 is 51.9 Å². The first-order valence-electron chi connectivity index (χ1n) is 9.26. The van der Waals surface area contributed by atoms with Crippen LogP contribution in [0.3, 0.4) is 0 Å². The van der Waals surface area contributed by atoms with Gasteiger partial charge in [0.05, 0.1) is 4.91 Å². The normalized spacial score (nSPS) is 15.6. The van der Waals surface area contributed by atoms with Gasteiger partial charge < -0.3 is 14.8 Å². The lowest BCUT2D eigenvalue weighted by Gasteiger charge is -2.20. The number of hydrogen-bond acceptors (Lipinski definition) is 6. The van der Waals surface area contributed by atoms with E-state index in [0.717, 1.165) is 31.5 Å². The highest BCUT2D eigenvalue weighted by Gasteiger charge is 2.31. The molecule has 0 N–H and O–H groups in total. The molecule has 0 unspecified atom stereocenters. The Bertz CT molecular complexity index is 712. The summed E-state index contributed by atoms with van der Waals surface area (Å²) in [5.74, 6) is -1.10. The van der Waals surface area contributed by atoms with Crippen LogP contribution >= 0.6 is 24.0 Å². The average Bonchev–Trinajstić information content (AvgIpc) is 2.90. The summed E-state index contributed by atoms with van der Waals surface area (Å²) in [4.78, 5) is 27.5. The molecule has 1 heterocycles. The van der Waals surface area contributed by atoms with Crippen LogP contribution in [-0.4, -0.2) is 40.7 Å². The molecule has 1 aliphatic rings. The highest BCUT2D eigenvalue weighted by molar-refractivity contribution is 8.26. The van der Waals surface area contributed by atoms with Gasteiger partial charge in [0.25, 0.3) is 5.91 Å². The Morgan fingerprint density at radius 3 is 2.44 bits per heavy atom. The Balaban J connectivity index is 1.96. The third-order valence-corrected chi connectivity index (χ3v) is 5.83. The summed E-state index contributed by atoms with van der Waals surface area (Å²) in [5, 5.41) is 10.4. The first-order chi connectivity index (χ1) is 13.0. The van der Waals surface area contributed by atoms with Crippen LogP contribution in [0.4, 0.5) is 5.69 Å². The number of thiocarbonyl (C=S) groups is 1. The lowest BCUT2D eigenvalue weighted by molar-refractivity contribution is -0.305. The number of nitrogens with zero attached hydrogens (tertiary/aromatic N) is 2. The molecule has 0 aliphatic carbocycles. The minimum Gasteiger partial charge on any atom is -0.550 e. The quantitative estimate of drug-likeness (QED) is 0.339. The molecule has 1 saturated heterocycles. The minimum absolute atomic E-state index is 0.0573. The fraction of sp³-hybridized carbons (Fsp3) is 0.450. The Kier molecular flexibility index (Phi) is 8.31. The van der Waals surface area contributed by atoms with Crippen LogP contribution in [0.1, 0.15) is 45.1 Å². The standard InChI is InChI=1S/C20H26N2O3S2/c1-3-21(4-2)16-11-9-15(10-12-16)14-17-19(25)22(20(26)27-17)13-7-5-6-8-18(23)24/h9-12,14H,3-8,13H2,1-2H3,(H,23,24)/p-1/b17-14+. The van der Waals surface area contributed by atoms with Crippen molar-refractivity contribution in [1.29, 1.82) is 0 Å². The molecule has 0 radical (unpaired) electrons. The molecule has 5 nitrogen and oxygen atoms in total. The van der Waals surface area contributed by atoms with Gasteiger partial charge in [-0.2, -0.15) is 0 Å². The van der Waals surface area contributed by atoms with E-state index in [-0.39, 0.29) is 12.3 Å². The molecule has 0 atom stereocenters. The number of aliphatic carboxylic acids is 1. The fourth-order valence-corrected chi connectivity index (χ4v) is 4.24. The van der Waals surface area contributed by atoms with E-state index in [1.54, 1.807) is 4.90 Å². The molecular formula is C20H25N2O3S2-. The lowest BCUT2D eigenvalue weighted by atomic mass is 10.1. The molecular weight excluding hydrogens is 380 g/mol. The number of carbonyl (C=O) groups is 2. The van der Waals surface area contributed by atoms with E-state index >= 15 is 0 Å². The van der Waals surface area contributed by atoms with Crippen molar-refractivity contribution in [2.24, 2.45) is 0 Å². The zero-order valence-electron chi connectivity index (χ0n) is 15.8. The molecule has 146 valence electrons. The summed E-state index contributed by atoms with van der Waals surface area (Å²) in [7, 11) is 0. The molecule has 1 aromatic carbocycles. The van der Waals surface area contributed by atoms with Crippen molar-refractivity contribution in [3.05, 3.63) is 34.7 Å². The highest BCUT2D eigenvalue weighted by Crippen LogP contribution is 2.33. The predicted octanol–water partition coefficient (Wildman–Crippen LogP) is 3.04. The first kappa shape index (κ1) is 21.4. The molecule has 0 aromatic heterocycles. The number of thioether (sulfide) groups is 1. The summed E-state index contributed by atoms with van der Waals surface area (Å²) in [6, 6.07) is 8.16. The summed E-state index contributed by atoms with van der Waals surface area (Å²) >= 11 is 6.65. The summed E-state index contributed by atoms with van der Waals surface area (Å²) in [6.07, 6.45) is 3.96. The van der Waals surface area contributed by atoms with Gasteiger partial charge in [0, 0.05) is 31.3 Å². The molecule has 0 saturated carbocycles. The van der Waals surface area contributed by atoms with E-state index in [2.05, 4.69) is 30.9 Å². The third-order valence-electron chi connectivity index (χ3n) is 4.46. The number of carboxylic acids is 1. The van der Waals surface area contributed by atoms with Gasteiger partial charge in [0.1, 0.15) is 4.32 Å². The number of anilines is 1. The lowest BCUT2D eigenvalue weighted by Crippen LogP contribution is -2.29. The van der Waals surface area contributed by atoms with Crippen molar-refractivity contribution in [3.8, 4) is 0 Å². The van der Waals surface area contributed by atoms with Gasteiger partial charge in [0.2, 0.25) is 0 Å². The molecule has 7 heteroatoms. The van der Waals surface area contributed by atoms with Gasteiger partial charge in [-0.15, -0.1) is 0 Å². The van der Waals surface area contributed by atoms with Gasteiger partial charge in [-0.1, -0.05) is 42.5 Å². The number of rotatable bonds is 10. The van der Waals surface area contributed by atoms with Crippen LogP contribution < -0.4 is 10.0 Å². The van der Waals surface area contributed by atoms with Crippen LogP contribution in [0.2, 0.25) is 0 Å². The van der Waals surface area contributed by atoms with Crippen molar-refractivity contribution in [2.45, 2.75) is 39.5 Å². The van der Waals surface area contributed by atoms with E-state index in [9.17, 15) is 14.7 Å². The molecule has 1 aliphatic heterocycles. The van der Waals surface area contributed by atoms with Crippen LogP contribution in [0.25, 0.3) is 6.08 Å². The maximum absolute atomic E-state index is 12.6. The van der Waals surface area contributed by atoms with E-state index in [0.29, 0.717) is 22.2 Å². The largest absolute Gasteiger partial charge is 0.550 e. The Morgan fingerprint density at radius 1 is 1.19 bits per heavy atom. The summed E-state index contributed by atoms with van der Waals surface area (Å²) in [6.45, 7) is 6.69. The molecule has 1 fully saturated rings. The predicted molar refractivity (Wildman–Crippen MR) is 113 cm³/mol. The van der Waals surface area contributed by atoms with E-state index in [1.807, 2.05) is 18.2 Å². The third kappa shape index (κ3) is 6.07. The zero-order chi connectivity index (χ0) is 19.8. The molecule has 2 rings (SSSR count). The first-order valence-corrected chi connectivity index (χ1v) is 10.5. The van der Waals surface area contributed by atoms with Crippen LogP contribution in [-0.2, 0) is 9.59 Å². The van der Waals surface area contributed by atoms with Crippen molar-refractivity contribution < 1.29 is 14.7 Å². The number of amides is 1. The Labute approximate surface area is 170 Å². The van der Waals surface area contributed by atoms with E-state index in [1.165, 1.54) is 17.4 Å². The average molecular weight is 406 g/mol. The second kappa shape index (κ2) is 10.5. The second-order valence-electron chi connectivity index (χ2n) is 6.28. The smallest absolute Gasteiger partial charge is 0.266 e. The van der Waals surface area contributed by atoms with Crippen molar-refractivity contribution in [1.82, 2.24) is 4.90 Å². The molecule has 27 heavy (non-hydrogen) atoms. The maximum Gasteiger partial charge on any atom is 0.266 e. The van der Waals surface area contributed by atoms with Crippen molar-refractivity contribution in [3.63, 3.8) is 0 Å². The zero-order valence-corrected chi connectivity index (χ0v) is 17.4. The Hall–Kier alpha value is -1.86. The number of carboxylic acid groups (broad SMARTS) is 1. The maximum atomic E-state index is 12.6. The summed E-state index contributed by atoms with van der Waals surface area (Å²) in [5.41, 5.74) is 2.14. The van der Waals surface area contributed by atoms with Crippen LogP contribution in [0, 0.1) is 0 Å². The SMILES string of the molecule is CCN(CC)c1ccc(/C=C2/SC(=S)N(CCCCCC(=O)[O-])C2=O)cc1. The summed E-state index contributed by atoms with van der Waals surface area (Å²) < 4.78 is 0.561. The topological polar surface area (TPSA) is 63.7 Å². The van der Waals surface area contributed by atoms with Gasteiger partial charge in [-0.25, -0.2) is 0 Å². The molecule has 0 bridgehead atoms. The minimum atomic E-state index is -1.03. The Morgan fingerprint density at radius 2 is 1.85 bits per heavy atom. The number of carbonyl (C=O) groups excluding carboxylic acids is 2. The molecule has 0 spiro atoms. The van der Waals surface area contributed by atoms with Crippen LogP contribution in [0.15, 0.2) is 29.2 Å². The second-order valence-corrected chi connectivity index (χ2v) is 7.96. The monoisotopic (exact) mass is 405 g/mol. The number of unbranched alkanes of at least 4 members (excludes halogenated alkanes) is 2.